The highest BCUT2D eigenvalue weighted by Gasteiger charge is 2.27. The first-order valence-electron chi connectivity index (χ1n) is 8.51. The van der Waals surface area contributed by atoms with Crippen LogP contribution >= 0.6 is 0 Å². The molecule has 1 saturated heterocycles. The third kappa shape index (κ3) is 3.53. The summed E-state index contributed by atoms with van der Waals surface area (Å²) in [5.41, 5.74) is 1.44. The maximum atomic E-state index is 12.6. The van der Waals surface area contributed by atoms with Crippen LogP contribution < -0.4 is 5.32 Å². The summed E-state index contributed by atoms with van der Waals surface area (Å²) in [6, 6.07) is 6.14. The zero-order valence-corrected chi connectivity index (χ0v) is 13.6. The van der Waals surface area contributed by atoms with E-state index in [4.69, 9.17) is 0 Å². The molecule has 0 saturated carbocycles. The number of benzene rings is 1. The van der Waals surface area contributed by atoms with Gasteiger partial charge in [-0.3, -0.25) is 0 Å². The second-order valence-electron chi connectivity index (χ2n) is 6.27. The molecule has 2 aromatic rings. The molecule has 24 heavy (non-hydrogen) atoms. The van der Waals surface area contributed by atoms with Crippen LogP contribution in [0.1, 0.15) is 43.7 Å². The second kappa shape index (κ2) is 7.38. The van der Waals surface area contributed by atoms with Gasteiger partial charge in [-0.05, 0) is 18.9 Å². The van der Waals surface area contributed by atoms with Gasteiger partial charge in [-0.25, -0.2) is 9.59 Å². The molecule has 3 rings (SSSR count). The van der Waals surface area contributed by atoms with E-state index in [-0.39, 0.29) is 6.03 Å². The first-order valence-corrected chi connectivity index (χ1v) is 8.51. The lowest BCUT2D eigenvalue weighted by Crippen LogP contribution is -2.44. The number of aliphatic carboxylic acids is 1. The van der Waals surface area contributed by atoms with Crippen LogP contribution in [-0.2, 0) is 4.79 Å². The summed E-state index contributed by atoms with van der Waals surface area (Å²) < 4.78 is 0. The normalized spacial score (nSPS) is 17.1. The predicted octanol–water partition coefficient (Wildman–Crippen LogP) is 3.27. The van der Waals surface area contributed by atoms with Crippen molar-refractivity contribution < 1.29 is 14.7 Å². The van der Waals surface area contributed by atoms with Crippen LogP contribution in [0.25, 0.3) is 10.9 Å². The highest BCUT2D eigenvalue weighted by atomic mass is 16.4. The SMILES string of the molecule is O=C(O)C(NC(=O)N1CCCCCCC1)c1c[nH]c2ccccc12. The lowest BCUT2D eigenvalue weighted by Gasteiger charge is -2.26. The number of nitrogens with one attached hydrogen (secondary N) is 2. The number of amides is 2. The topological polar surface area (TPSA) is 85.4 Å². The third-order valence-electron chi connectivity index (χ3n) is 4.59. The Hall–Kier alpha value is -2.50. The van der Waals surface area contributed by atoms with Crippen LogP contribution in [0.4, 0.5) is 4.79 Å². The maximum Gasteiger partial charge on any atom is 0.331 e. The average molecular weight is 329 g/mol. The number of rotatable bonds is 3. The number of carboxylic acid groups (broad SMARTS) is 1. The van der Waals surface area contributed by atoms with E-state index in [0.29, 0.717) is 18.7 Å². The van der Waals surface area contributed by atoms with E-state index in [1.807, 2.05) is 24.3 Å². The first-order chi connectivity index (χ1) is 11.7. The van der Waals surface area contributed by atoms with E-state index in [1.165, 1.54) is 6.42 Å². The minimum Gasteiger partial charge on any atom is -0.479 e. The van der Waals surface area contributed by atoms with E-state index in [1.54, 1.807) is 11.1 Å². The molecular weight excluding hydrogens is 306 g/mol. The van der Waals surface area contributed by atoms with Gasteiger partial charge in [0.05, 0.1) is 0 Å². The molecule has 6 heteroatoms. The number of hydrogen-bond donors (Lipinski definition) is 3. The lowest BCUT2D eigenvalue weighted by atomic mass is 10.1. The fourth-order valence-corrected chi connectivity index (χ4v) is 3.27. The third-order valence-corrected chi connectivity index (χ3v) is 4.59. The monoisotopic (exact) mass is 329 g/mol. The zero-order chi connectivity index (χ0) is 16.9. The quantitative estimate of drug-likeness (QED) is 0.808. The molecule has 0 radical (unpaired) electrons. The van der Waals surface area contributed by atoms with Crippen molar-refractivity contribution in [1.82, 2.24) is 15.2 Å². The lowest BCUT2D eigenvalue weighted by molar-refractivity contribution is -0.139. The Bertz CT molecular complexity index is 717. The number of likely N-dealkylation sites (tertiary alicyclic amines) is 1. The van der Waals surface area contributed by atoms with Gasteiger partial charge >= 0.3 is 12.0 Å². The number of carbonyl (C=O) groups excluding carboxylic acids is 1. The molecule has 0 spiro atoms. The molecule has 0 aliphatic carbocycles. The fourth-order valence-electron chi connectivity index (χ4n) is 3.27. The van der Waals surface area contributed by atoms with Crippen LogP contribution in [0.2, 0.25) is 0 Å². The van der Waals surface area contributed by atoms with Gasteiger partial charge in [0.1, 0.15) is 0 Å². The van der Waals surface area contributed by atoms with E-state index < -0.39 is 12.0 Å². The van der Waals surface area contributed by atoms with Crippen LogP contribution in [0, 0.1) is 0 Å². The van der Waals surface area contributed by atoms with Crippen molar-refractivity contribution in [2.24, 2.45) is 0 Å². The molecule has 1 aliphatic heterocycles. The van der Waals surface area contributed by atoms with Crippen LogP contribution in [-0.4, -0.2) is 40.1 Å². The second-order valence-corrected chi connectivity index (χ2v) is 6.27. The van der Waals surface area contributed by atoms with E-state index in [0.717, 1.165) is 36.6 Å². The Kier molecular flexibility index (Phi) is 5.03. The summed E-state index contributed by atoms with van der Waals surface area (Å²) in [7, 11) is 0. The van der Waals surface area contributed by atoms with Gasteiger partial charge in [-0.15, -0.1) is 0 Å². The number of aromatic nitrogens is 1. The standard InChI is InChI=1S/C18H23N3O3/c22-17(23)16(14-12-19-15-9-5-4-8-13(14)15)20-18(24)21-10-6-2-1-3-7-11-21/h4-5,8-9,12,16,19H,1-3,6-7,10-11H2,(H,20,24)(H,22,23). The Morgan fingerprint density at radius 3 is 2.46 bits per heavy atom. The highest BCUT2D eigenvalue weighted by molar-refractivity contribution is 5.91. The van der Waals surface area contributed by atoms with Crippen molar-refractivity contribution in [1.29, 1.82) is 0 Å². The molecule has 1 aromatic carbocycles. The summed E-state index contributed by atoms with van der Waals surface area (Å²) in [6.45, 7) is 1.37. The van der Waals surface area contributed by atoms with Crippen molar-refractivity contribution in [2.75, 3.05) is 13.1 Å². The largest absolute Gasteiger partial charge is 0.479 e. The molecule has 1 fully saturated rings. The number of aromatic amines is 1. The minimum atomic E-state index is -1.06. The van der Waals surface area contributed by atoms with Crippen LogP contribution in [0.3, 0.4) is 0 Å². The average Bonchev–Trinajstić information content (AvgIpc) is 2.95. The predicted molar refractivity (Wildman–Crippen MR) is 91.9 cm³/mol. The first kappa shape index (κ1) is 16.4. The Morgan fingerprint density at radius 1 is 1.08 bits per heavy atom. The molecule has 2 heterocycles. The summed E-state index contributed by atoms with van der Waals surface area (Å²) in [4.78, 5) is 29.1. The van der Waals surface area contributed by atoms with Crippen LogP contribution in [0.5, 0.6) is 0 Å². The van der Waals surface area contributed by atoms with Gasteiger partial charge < -0.3 is 20.3 Å². The molecule has 2 amide bonds. The summed E-state index contributed by atoms with van der Waals surface area (Å²) in [6.07, 6.45) is 7.05. The highest BCUT2D eigenvalue weighted by Crippen LogP contribution is 2.24. The Balaban J connectivity index is 1.78. The maximum absolute atomic E-state index is 12.6. The number of carbonyl (C=O) groups is 2. The summed E-state index contributed by atoms with van der Waals surface area (Å²) in [5.74, 6) is -1.06. The van der Waals surface area contributed by atoms with E-state index in [2.05, 4.69) is 10.3 Å². The van der Waals surface area contributed by atoms with Gasteiger partial charge in [0.15, 0.2) is 6.04 Å². The molecule has 3 N–H and O–H groups in total. The van der Waals surface area contributed by atoms with Gasteiger partial charge in [-0.2, -0.15) is 0 Å². The van der Waals surface area contributed by atoms with Crippen molar-refractivity contribution in [3.05, 3.63) is 36.0 Å². The molecule has 1 unspecified atom stereocenters. The number of H-pyrrole nitrogens is 1. The number of hydrogen-bond acceptors (Lipinski definition) is 2. The zero-order valence-electron chi connectivity index (χ0n) is 13.6. The van der Waals surface area contributed by atoms with Gasteiger partial charge in [0, 0.05) is 35.8 Å². The van der Waals surface area contributed by atoms with Gasteiger partial charge in [-0.1, -0.05) is 37.5 Å². The molecule has 0 bridgehead atoms. The van der Waals surface area contributed by atoms with Crippen LogP contribution in [0.15, 0.2) is 30.5 Å². The van der Waals surface area contributed by atoms with Crippen molar-refractivity contribution >= 4 is 22.9 Å². The van der Waals surface area contributed by atoms with Gasteiger partial charge in [0.25, 0.3) is 0 Å². The van der Waals surface area contributed by atoms with Crippen molar-refractivity contribution in [2.45, 2.75) is 38.1 Å². The fraction of sp³-hybridized carbons (Fsp3) is 0.444. The summed E-state index contributed by atoms with van der Waals surface area (Å²) in [5, 5.41) is 13.1. The molecule has 1 aliphatic rings. The number of fused-ring (bicyclic) bond motifs is 1. The minimum absolute atomic E-state index is 0.297. The van der Waals surface area contributed by atoms with E-state index in [9.17, 15) is 14.7 Å². The number of nitrogens with zero attached hydrogens (tertiary/aromatic N) is 1. The summed E-state index contributed by atoms with van der Waals surface area (Å²) >= 11 is 0. The smallest absolute Gasteiger partial charge is 0.331 e. The number of carboxylic acids is 1. The van der Waals surface area contributed by atoms with Crippen molar-refractivity contribution in [3.63, 3.8) is 0 Å². The molecule has 1 atom stereocenters. The molecule has 6 nitrogen and oxygen atoms in total. The van der Waals surface area contributed by atoms with Gasteiger partial charge in [0.2, 0.25) is 0 Å². The molecule has 128 valence electrons. The van der Waals surface area contributed by atoms with E-state index >= 15 is 0 Å². The van der Waals surface area contributed by atoms with Crippen molar-refractivity contribution in [3.8, 4) is 0 Å². The Labute approximate surface area is 140 Å². The number of urea groups is 1. The molecule has 1 aromatic heterocycles. The molecular formula is C18H23N3O3. The number of para-hydroxylation sites is 1. The Morgan fingerprint density at radius 2 is 1.75 bits per heavy atom.